The first kappa shape index (κ1) is 10.5. The highest BCUT2D eigenvalue weighted by molar-refractivity contribution is 5.36. The monoisotopic (exact) mass is 195 g/mol. The average Bonchev–Trinajstić information content (AvgIpc) is 2.19. The van der Waals surface area contributed by atoms with Crippen LogP contribution >= 0.6 is 0 Å². The van der Waals surface area contributed by atoms with Crippen molar-refractivity contribution in [2.24, 2.45) is 0 Å². The quantitative estimate of drug-likeness (QED) is 0.689. The van der Waals surface area contributed by atoms with E-state index in [4.69, 9.17) is 14.7 Å². The van der Waals surface area contributed by atoms with Gasteiger partial charge in [-0.05, 0) is 12.1 Å². The Morgan fingerprint density at radius 1 is 1.50 bits per heavy atom. The lowest BCUT2D eigenvalue weighted by atomic mass is 10.1. The van der Waals surface area contributed by atoms with Crippen LogP contribution in [-0.4, -0.2) is 13.9 Å². The molecule has 0 aliphatic rings. The van der Waals surface area contributed by atoms with E-state index < -0.39 is 5.82 Å². The van der Waals surface area contributed by atoms with E-state index in [0.29, 0.717) is 5.75 Å². The first-order valence-corrected chi connectivity index (χ1v) is 4.05. The predicted octanol–water partition coefficient (Wildman–Crippen LogP) is 1.87. The molecule has 0 spiro atoms. The van der Waals surface area contributed by atoms with Crippen molar-refractivity contribution >= 4 is 0 Å². The van der Waals surface area contributed by atoms with E-state index in [2.05, 4.69) is 0 Å². The Labute approximate surface area is 81.7 Å². The van der Waals surface area contributed by atoms with Gasteiger partial charge in [-0.15, -0.1) is 0 Å². The van der Waals surface area contributed by atoms with E-state index in [0.717, 1.165) is 0 Å². The van der Waals surface area contributed by atoms with Gasteiger partial charge in [0.25, 0.3) is 0 Å². The number of halogens is 1. The van der Waals surface area contributed by atoms with Gasteiger partial charge in [0, 0.05) is 12.7 Å². The summed E-state index contributed by atoms with van der Waals surface area (Å²) in [4.78, 5) is 0. The van der Waals surface area contributed by atoms with Gasteiger partial charge in [0.15, 0.2) is 6.79 Å². The molecule has 0 aliphatic carbocycles. The van der Waals surface area contributed by atoms with Crippen molar-refractivity contribution in [1.29, 1.82) is 5.26 Å². The second-order valence-electron chi connectivity index (χ2n) is 2.60. The fourth-order valence-electron chi connectivity index (χ4n) is 1.05. The fraction of sp³-hybridized carbons (Fsp3) is 0.300. The maximum absolute atomic E-state index is 13.2. The first-order valence-electron chi connectivity index (χ1n) is 4.05. The summed E-state index contributed by atoms with van der Waals surface area (Å²) >= 11 is 0. The third-order valence-electron chi connectivity index (χ3n) is 1.66. The van der Waals surface area contributed by atoms with Crippen LogP contribution in [0.1, 0.15) is 5.56 Å². The van der Waals surface area contributed by atoms with Crippen molar-refractivity contribution in [3.8, 4) is 11.8 Å². The lowest BCUT2D eigenvalue weighted by Gasteiger charge is -2.08. The number of ether oxygens (including phenoxy) is 2. The van der Waals surface area contributed by atoms with E-state index in [1.807, 2.05) is 6.07 Å². The summed E-state index contributed by atoms with van der Waals surface area (Å²) in [5.74, 6) is -0.0754. The molecular weight excluding hydrogens is 185 g/mol. The molecule has 0 aliphatic heterocycles. The molecule has 0 unspecified atom stereocenters. The molecule has 0 heterocycles. The maximum atomic E-state index is 13.2. The zero-order valence-corrected chi connectivity index (χ0v) is 7.79. The smallest absolute Gasteiger partial charge is 0.188 e. The molecule has 0 radical (unpaired) electrons. The van der Waals surface area contributed by atoms with Crippen molar-refractivity contribution in [1.82, 2.24) is 0 Å². The largest absolute Gasteiger partial charge is 0.467 e. The molecule has 0 aromatic heterocycles. The van der Waals surface area contributed by atoms with Gasteiger partial charge < -0.3 is 9.47 Å². The summed E-state index contributed by atoms with van der Waals surface area (Å²) in [5, 5.41) is 8.49. The number of methoxy groups -OCH3 is 1. The van der Waals surface area contributed by atoms with E-state index in [-0.39, 0.29) is 18.8 Å². The molecular formula is C10H10FNO2. The summed E-state index contributed by atoms with van der Waals surface area (Å²) in [6.45, 7) is 0.0435. The second kappa shape index (κ2) is 5.20. The number of hydrogen-bond acceptors (Lipinski definition) is 3. The molecule has 0 saturated carbocycles. The Morgan fingerprint density at radius 3 is 2.93 bits per heavy atom. The fourth-order valence-corrected chi connectivity index (χ4v) is 1.05. The van der Waals surface area contributed by atoms with Gasteiger partial charge in [-0.25, -0.2) is 4.39 Å². The van der Waals surface area contributed by atoms with Crippen LogP contribution in [0.5, 0.6) is 5.75 Å². The molecule has 0 saturated heterocycles. The molecule has 14 heavy (non-hydrogen) atoms. The van der Waals surface area contributed by atoms with Crippen LogP contribution in [0.25, 0.3) is 0 Å². The lowest BCUT2D eigenvalue weighted by Crippen LogP contribution is -2.02. The molecule has 0 amide bonds. The Bertz CT molecular complexity index is 346. The first-order chi connectivity index (χ1) is 6.79. The van der Waals surface area contributed by atoms with Crippen LogP contribution in [0.15, 0.2) is 18.2 Å². The standard InChI is InChI=1S/C10H10FNO2/c1-13-7-14-10-4-2-3-9(11)8(10)5-6-12/h2-4H,5,7H2,1H3. The summed E-state index contributed by atoms with van der Waals surface area (Å²) in [6, 6.07) is 6.31. The van der Waals surface area contributed by atoms with Crippen LogP contribution < -0.4 is 4.74 Å². The van der Waals surface area contributed by atoms with Gasteiger partial charge in [-0.1, -0.05) is 6.07 Å². The minimum atomic E-state index is -0.430. The molecule has 1 aromatic carbocycles. The Hall–Kier alpha value is -1.60. The zero-order chi connectivity index (χ0) is 10.4. The molecule has 3 nitrogen and oxygen atoms in total. The third-order valence-corrected chi connectivity index (χ3v) is 1.66. The summed E-state index contributed by atoms with van der Waals surface area (Å²) < 4.78 is 23.0. The van der Waals surface area contributed by atoms with Gasteiger partial charge in [0.05, 0.1) is 12.5 Å². The molecule has 0 atom stereocenters. The van der Waals surface area contributed by atoms with Crippen LogP contribution in [-0.2, 0) is 11.2 Å². The Morgan fingerprint density at radius 2 is 2.29 bits per heavy atom. The summed E-state index contributed by atoms with van der Waals surface area (Å²) in [5.41, 5.74) is 0.270. The number of nitrogens with zero attached hydrogens (tertiary/aromatic N) is 1. The molecule has 0 fully saturated rings. The van der Waals surface area contributed by atoms with Crippen molar-refractivity contribution in [3.05, 3.63) is 29.6 Å². The van der Waals surface area contributed by atoms with E-state index >= 15 is 0 Å². The molecule has 1 rings (SSSR count). The zero-order valence-electron chi connectivity index (χ0n) is 7.79. The number of rotatable bonds is 4. The van der Waals surface area contributed by atoms with Crippen molar-refractivity contribution in [2.45, 2.75) is 6.42 Å². The minimum absolute atomic E-state index is 0.00821. The predicted molar refractivity (Wildman–Crippen MR) is 48.2 cm³/mol. The molecule has 4 heteroatoms. The van der Waals surface area contributed by atoms with Gasteiger partial charge in [-0.2, -0.15) is 5.26 Å². The van der Waals surface area contributed by atoms with Crippen molar-refractivity contribution in [3.63, 3.8) is 0 Å². The molecule has 74 valence electrons. The summed E-state index contributed by atoms with van der Waals surface area (Å²) in [7, 11) is 1.48. The highest BCUT2D eigenvalue weighted by Gasteiger charge is 2.08. The van der Waals surface area contributed by atoms with E-state index in [9.17, 15) is 4.39 Å². The summed E-state index contributed by atoms with van der Waals surface area (Å²) in [6.07, 6.45) is -0.00821. The Kier molecular flexibility index (Phi) is 3.89. The third kappa shape index (κ3) is 2.44. The highest BCUT2D eigenvalue weighted by Crippen LogP contribution is 2.21. The number of hydrogen-bond donors (Lipinski definition) is 0. The van der Waals surface area contributed by atoms with Gasteiger partial charge in [0.1, 0.15) is 11.6 Å². The van der Waals surface area contributed by atoms with E-state index in [1.54, 1.807) is 6.07 Å². The number of benzene rings is 1. The van der Waals surface area contributed by atoms with Crippen LogP contribution in [0.4, 0.5) is 4.39 Å². The SMILES string of the molecule is COCOc1cccc(F)c1CC#N. The highest BCUT2D eigenvalue weighted by atomic mass is 19.1. The van der Waals surface area contributed by atoms with Gasteiger partial charge >= 0.3 is 0 Å². The van der Waals surface area contributed by atoms with Gasteiger partial charge in [-0.3, -0.25) is 0 Å². The molecule has 1 aromatic rings. The van der Waals surface area contributed by atoms with Gasteiger partial charge in [0.2, 0.25) is 0 Å². The minimum Gasteiger partial charge on any atom is -0.467 e. The number of nitriles is 1. The average molecular weight is 195 g/mol. The van der Waals surface area contributed by atoms with Crippen LogP contribution in [0.2, 0.25) is 0 Å². The molecule has 0 N–H and O–H groups in total. The van der Waals surface area contributed by atoms with Crippen molar-refractivity contribution < 1.29 is 13.9 Å². The molecule has 0 bridgehead atoms. The maximum Gasteiger partial charge on any atom is 0.188 e. The topological polar surface area (TPSA) is 42.2 Å². The lowest BCUT2D eigenvalue weighted by molar-refractivity contribution is 0.0503. The van der Waals surface area contributed by atoms with Crippen LogP contribution in [0, 0.1) is 17.1 Å². The van der Waals surface area contributed by atoms with E-state index in [1.165, 1.54) is 19.2 Å². The van der Waals surface area contributed by atoms with Crippen LogP contribution in [0.3, 0.4) is 0 Å². The normalized spacial score (nSPS) is 9.50. The second-order valence-corrected chi connectivity index (χ2v) is 2.60. The Balaban J connectivity index is 2.90. The van der Waals surface area contributed by atoms with Crippen molar-refractivity contribution in [2.75, 3.05) is 13.9 Å².